The predicted molar refractivity (Wildman–Crippen MR) is 131 cm³/mol. The van der Waals surface area contributed by atoms with Crippen molar-refractivity contribution >= 4 is 12.2 Å². The Kier molecular flexibility index (Phi) is 16.2. The maximum Gasteiger partial charge on any atom is 0.404 e. The van der Waals surface area contributed by atoms with Gasteiger partial charge in [0.25, 0.3) is 0 Å². The zero-order valence-corrected chi connectivity index (χ0v) is 22.0. The zero-order valence-electron chi connectivity index (χ0n) is 22.0. The highest BCUT2D eigenvalue weighted by atomic mass is 16.5. The lowest BCUT2D eigenvalue weighted by molar-refractivity contribution is -0.0218. The number of hydrogen-bond acceptors (Lipinski definition) is 6. The lowest BCUT2D eigenvalue weighted by Gasteiger charge is -2.47. The van der Waals surface area contributed by atoms with Crippen LogP contribution in [-0.4, -0.2) is 51.8 Å². The molecule has 2 fully saturated rings. The number of primary amides is 2. The van der Waals surface area contributed by atoms with Crippen LogP contribution in [0.4, 0.5) is 9.59 Å². The Morgan fingerprint density at radius 2 is 1.36 bits per heavy atom. The monoisotopic (exact) mass is 474 g/mol. The topological polar surface area (TPSA) is 123 Å². The molecular formula is C25H50N2O6. The summed E-state index contributed by atoms with van der Waals surface area (Å²) in [6, 6.07) is 0. The van der Waals surface area contributed by atoms with Gasteiger partial charge in [0, 0.05) is 26.4 Å². The third kappa shape index (κ3) is 11.0. The van der Waals surface area contributed by atoms with Gasteiger partial charge in [-0.15, -0.1) is 0 Å². The quantitative estimate of drug-likeness (QED) is 0.372. The maximum absolute atomic E-state index is 9.60. The first kappa shape index (κ1) is 31.5. The van der Waals surface area contributed by atoms with Crippen molar-refractivity contribution < 1.29 is 28.5 Å². The van der Waals surface area contributed by atoms with Crippen molar-refractivity contribution in [1.29, 1.82) is 0 Å². The van der Waals surface area contributed by atoms with Crippen LogP contribution in [0.2, 0.25) is 0 Å². The van der Waals surface area contributed by atoms with Crippen molar-refractivity contribution in [1.82, 2.24) is 0 Å². The summed E-state index contributed by atoms with van der Waals surface area (Å²) in [7, 11) is 0. The largest absolute Gasteiger partial charge is 0.450 e. The lowest BCUT2D eigenvalue weighted by Crippen LogP contribution is -2.41. The Labute approximate surface area is 201 Å². The van der Waals surface area contributed by atoms with Crippen LogP contribution in [0.3, 0.4) is 0 Å². The van der Waals surface area contributed by atoms with Gasteiger partial charge in [0.05, 0.1) is 13.2 Å². The summed E-state index contributed by atoms with van der Waals surface area (Å²) in [4.78, 5) is 19.2. The van der Waals surface area contributed by atoms with E-state index in [9.17, 15) is 9.59 Å². The SMILES string of the molecule is CCCOCCC1C2CCC(C)(C2)C1(C)CCOCCC.CCOC(N)=O.CCOC(N)=O. The minimum Gasteiger partial charge on any atom is -0.450 e. The van der Waals surface area contributed by atoms with Crippen molar-refractivity contribution in [3.63, 3.8) is 0 Å². The molecule has 8 nitrogen and oxygen atoms in total. The van der Waals surface area contributed by atoms with Crippen LogP contribution in [0, 0.1) is 22.7 Å². The molecular weight excluding hydrogens is 424 g/mol. The summed E-state index contributed by atoms with van der Waals surface area (Å²) in [5, 5.41) is 0. The van der Waals surface area contributed by atoms with Crippen LogP contribution in [0.1, 0.15) is 86.5 Å². The van der Waals surface area contributed by atoms with Gasteiger partial charge in [-0.05, 0) is 81.5 Å². The number of hydrogen-bond donors (Lipinski definition) is 2. The van der Waals surface area contributed by atoms with Crippen LogP contribution < -0.4 is 11.5 Å². The Morgan fingerprint density at radius 1 is 0.848 bits per heavy atom. The molecule has 33 heavy (non-hydrogen) atoms. The van der Waals surface area contributed by atoms with Crippen LogP contribution in [0.5, 0.6) is 0 Å². The van der Waals surface area contributed by atoms with Gasteiger partial charge in [-0.3, -0.25) is 0 Å². The van der Waals surface area contributed by atoms with E-state index in [0.29, 0.717) is 24.0 Å². The molecule has 2 amide bonds. The van der Waals surface area contributed by atoms with E-state index in [2.05, 4.69) is 48.6 Å². The van der Waals surface area contributed by atoms with E-state index in [4.69, 9.17) is 9.47 Å². The van der Waals surface area contributed by atoms with Crippen molar-refractivity contribution in [2.75, 3.05) is 39.6 Å². The second-order valence-electron chi connectivity index (χ2n) is 9.36. The molecule has 0 saturated heterocycles. The second kappa shape index (κ2) is 17.0. The first-order chi connectivity index (χ1) is 15.6. The Morgan fingerprint density at radius 3 is 1.79 bits per heavy atom. The summed E-state index contributed by atoms with van der Waals surface area (Å²) < 4.78 is 20.0. The summed E-state index contributed by atoms with van der Waals surface area (Å²) in [5.41, 5.74) is 10.1. The zero-order chi connectivity index (χ0) is 25.3. The number of ether oxygens (including phenoxy) is 4. The Balaban J connectivity index is 0.000000705. The summed E-state index contributed by atoms with van der Waals surface area (Å²) in [5.74, 6) is 1.79. The third-order valence-electron chi connectivity index (χ3n) is 7.15. The highest BCUT2D eigenvalue weighted by molar-refractivity contribution is 5.64. The van der Waals surface area contributed by atoms with Gasteiger partial charge in [0.1, 0.15) is 0 Å². The molecule has 2 aliphatic carbocycles. The molecule has 2 aliphatic rings. The van der Waals surface area contributed by atoms with Crippen molar-refractivity contribution in [2.45, 2.75) is 86.5 Å². The van der Waals surface area contributed by atoms with Gasteiger partial charge in [-0.1, -0.05) is 27.7 Å². The molecule has 2 saturated carbocycles. The molecule has 0 aromatic heterocycles. The smallest absolute Gasteiger partial charge is 0.404 e. The number of rotatable bonds is 12. The van der Waals surface area contributed by atoms with E-state index < -0.39 is 12.2 Å². The maximum atomic E-state index is 9.60. The van der Waals surface area contributed by atoms with Crippen LogP contribution in [0.15, 0.2) is 0 Å². The average molecular weight is 475 g/mol. The molecule has 4 unspecified atom stereocenters. The standard InChI is InChI=1S/C19H36O2.2C3H7NO2/c1-5-11-20-13-8-17-16-7-9-18(3,15-16)19(17,4)10-14-21-12-6-2;2*1-2-6-3(4)5/h16-17H,5-15H2,1-4H3;2*2H2,1H3,(H2,4,5). The third-order valence-corrected chi connectivity index (χ3v) is 7.15. The Bertz CT molecular complexity index is 531. The first-order valence-electron chi connectivity index (χ1n) is 12.6. The van der Waals surface area contributed by atoms with Gasteiger partial charge in [0.2, 0.25) is 0 Å². The molecule has 0 aliphatic heterocycles. The number of amides is 2. The number of carbonyl (C=O) groups excluding carboxylic acids is 2. The number of fused-ring (bicyclic) bond motifs is 2. The lowest BCUT2D eigenvalue weighted by atomic mass is 9.58. The summed E-state index contributed by atoms with van der Waals surface area (Å²) >= 11 is 0. The fraction of sp³-hybridized carbons (Fsp3) is 0.920. The van der Waals surface area contributed by atoms with E-state index in [0.717, 1.165) is 51.1 Å². The minimum absolute atomic E-state index is 0.356. The van der Waals surface area contributed by atoms with Gasteiger partial charge >= 0.3 is 12.2 Å². The van der Waals surface area contributed by atoms with Gasteiger partial charge in [-0.25, -0.2) is 9.59 Å². The summed E-state index contributed by atoms with van der Waals surface area (Å²) in [6.45, 7) is 17.3. The number of nitrogens with two attached hydrogens (primary N) is 2. The molecule has 4 N–H and O–H groups in total. The van der Waals surface area contributed by atoms with Crippen molar-refractivity contribution in [2.24, 2.45) is 34.1 Å². The Hall–Kier alpha value is -1.54. The van der Waals surface area contributed by atoms with Crippen molar-refractivity contribution in [3.05, 3.63) is 0 Å². The van der Waals surface area contributed by atoms with E-state index in [1.54, 1.807) is 13.8 Å². The molecule has 2 rings (SSSR count). The van der Waals surface area contributed by atoms with E-state index in [1.165, 1.54) is 32.1 Å². The summed E-state index contributed by atoms with van der Waals surface area (Å²) in [6.07, 6.45) is 7.64. The minimum atomic E-state index is -0.711. The molecule has 0 spiro atoms. The van der Waals surface area contributed by atoms with Gasteiger partial charge in [0.15, 0.2) is 0 Å². The van der Waals surface area contributed by atoms with Crippen LogP contribution >= 0.6 is 0 Å². The molecule has 2 bridgehead atoms. The second-order valence-corrected chi connectivity index (χ2v) is 9.36. The highest BCUT2D eigenvalue weighted by Crippen LogP contribution is 2.69. The molecule has 0 aromatic rings. The molecule has 0 heterocycles. The molecule has 0 radical (unpaired) electrons. The molecule has 4 atom stereocenters. The van der Waals surface area contributed by atoms with E-state index in [1.807, 2.05) is 0 Å². The van der Waals surface area contributed by atoms with Gasteiger partial charge in [-0.2, -0.15) is 0 Å². The number of carbonyl (C=O) groups is 2. The van der Waals surface area contributed by atoms with Crippen molar-refractivity contribution in [3.8, 4) is 0 Å². The van der Waals surface area contributed by atoms with Crippen LogP contribution in [0.25, 0.3) is 0 Å². The molecule has 0 aromatic carbocycles. The fourth-order valence-corrected chi connectivity index (χ4v) is 5.43. The molecule has 196 valence electrons. The molecule has 8 heteroatoms. The predicted octanol–water partition coefficient (Wildman–Crippen LogP) is 5.27. The average Bonchev–Trinajstić information content (AvgIpc) is 3.23. The first-order valence-corrected chi connectivity index (χ1v) is 12.6. The fourth-order valence-electron chi connectivity index (χ4n) is 5.43. The van der Waals surface area contributed by atoms with Crippen LogP contribution in [-0.2, 0) is 18.9 Å². The van der Waals surface area contributed by atoms with E-state index >= 15 is 0 Å². The van der Waals surface area contributed by atoms with Gasteiger partial charge < -0.3 is 30.4 Å². The normalized spacial score (nSPS) is 27.1. The highest BCUT2D eigenvalue weighted by Gasteiger charge is 2.61. The van der Waals surface area contributed by atoms with E-state index in [-0.39, 0.29) is 0 Å².